The Morgan fingerprint density at radius 2 is 2.14 bits per heavy atom. The van der Waals surface area contributed by atoms with Gasteiger partial charge in [0.15, 0.2) is 0 Å². The van der Waals surface area contributed by atoms with Gasteiger partial charge in [-0.15, -0.1) is 0 Å². The Morgan fingerprint density at radius 1 is 1.50 bits per heavy atom. The summed E-state index contributed by atoms with van der Waals surface area (Å²) in [5.74, 6) is -0.893. The third-order valence-corrected chi connectivity index (χ3v) is 3.28. The van der Waals surface area contributed by atoms with Crippen molar-refractivity contribution >= 4 is 23.0 Å². The fourth-order valence-electron chi connectivity index (χ4n) is 1.77. The zero-order chi connectivity index (χ0) is 10.3. The van der Waals surface area contributed by atoms with Gasteiger partial charge >= 0.3 is 6.03 Å². The van der Waals surface area contributed by atoms with Crippen LogP contribution >= 0.6 is 0 Å². The van der Waals surface area contributed by atoms with Gasteiger partial charge in [0.2, 0.25) is 0 Å². The molecule has 2 N–H and O–H groups in total. The zero-order valence-electron chi connectivity index (χ0n) is 7.24. The van der Waals surface area contributed by atoms with E-state index >= 15 is 0 Å². The van der Waals surface area contributed by atoms with Crippen molar-refractivity contribution in [3.05, 3.63) is 0 Å². The van der Waals surface area contributed by atoms with Gasteiger partial charge in [0.1, 0.15) is 5.54 Å². The predicted molar refractivity (Wildman–Crippen MR) is 45.9 cm³/mol. The Morgan fingerprint density at radius 3 is 2.50 bits per heavy atom. The number of rotatable bonds is 3. The second kappa shape index (κ2) is 3.03. The van der Waals surface area contributed by atoms with E-state index in [4.69, 9.17) is 0 Å². The molecule has 14 heavy (non-hydrogen) atoms. The van der Waals surface area contributed by atoms with E-state index in [1.165, 1.54) is 0 Å². The lowest BCUT2D eigenvalue weighted by Crippen LogP contribution is -2.53. The van der Waals surface area contributed by atoms with Crippen LogP contribution in [0, 0.1) is 5.92 Å². The second-order valence-electron chi connectivity index (χ2n) is 3.60. The van der Waals surface area contributed by atoms with E-state index in [2.05, 4.69) is 10.6 Å². The SMILES string of the molecule is O=C1NC(=O)C(CS(=O)[O-])(C2CC2)N1. The van der Waals surface area contributed by atoms with Crippen molar-refractivity contribution in [2.24, 2.45) is 5.92 Å². The molecule has 78 valence electrons. The summed E-state index contributed by atoms with van der Waals surface area (Å²) >= 11 is -2.34. The molecule has 2 atom stereocenters. The van der Waals surface area contributed by atoms with E-state index in [0.29, 0.717) is 0 Å². The summed E-state index contributed by atoms with van der Waals surface area (Å²) in [6.45, 7) is 0. The average Bonchev–Trinajstić information content (AvgIpc) is 2.80. The molecule has 0 aromatic carbocycles. The minimum absolute atomic E-state index is 0.0353. The first kappa shape index (κ1) is 9.60. The summed E-state index contributed by atoms with van der Waals surface area (Å²) in [6.07, 6.45) is 1.57. The van der Waals surface area contributed by atoms with Gasteiger partial charge < -0.3 is 9.87 Å². The highest BCUT2D eigenvalue weighted by molar-refractivity contribution is 7.79. The molecule has 2 unspecified atom stereocenters. The van der Waals surface area contributed by atoms with Crippen molar-refractivity contribution in [2.45, 2.75) is 18.4 Å². The third kappa shape index (κ3) is 1.42. The normalized spacial score (nSPS) is 33.8. The van der Waals surface area contributed by atoms with Crippen LogP contribution < -0.4 is 10.6 Å². The van der Waals surface area contributed by atoms with Crippen LogP contribution in [0.2, 0.25) is 0 Å². The predicted octanol–water partition coefficient (Wildman–Crippen LogP) is -1.15. The number of imide groups is 1. The number of amides is 3. The average molecular weight is 217 g/mol. The first-order valence-electron chi connectivity index (χ1n) is 4.24. The highest BCUT2D eigenvalue weighted by Gasteiger charge is 2.55. The number of carbonyl (C=O) groups is 2. The van der Waals surface area contributed by atoms with Gasteiger partial charge in [0, 0.05) is 5.75 Å². The molecule has 2 aliphatic rings. The van der Waals surface area contributed by atoms with Gasteiger partial charge in [0.25, 0.3) is 5.91 Å². The lowest BCUT2D eigenvalue weighted by atomic mass is 9.96. The molecule has 2 rings (SSSR count). The van der Waals surface area contributed by atoms with Crippen LogP contribution in [0.4, 0.5) is 4.79 Å². The Labute approximate surface area is 82.7 Å². The topological polar surface area (TPSA) is 98.3 Å². The molecule has 6 nitrogen and oxygen atoms in total. The Bertz CT molecular complexity index is 328. The number of urea groups is 1. The fraction of sp³-hybridized carbons (Fsp3) is 0.714. The first-order valence-corrected chi connectivity index (χ1v) is 5.48. The molecule has 0 bridgehead atoms. The smallest absolute Gasteiger partial charge is 0.322 e. The van der Waals surface area contributed by atoms with Crippen LogP contribution in [0.25, 0.3) is 0 Å². The molecule has 1 aliphatic heterocycles. The van der Waals surface area contributed by atoms with E-state index in [-0.39, 0.29) is 11.7 Å². The van der Waals surface area contributed by atoms with Gasteiger partial charge in [-0.05, 0) is 18.8 Å². The standard InChI is InChI=1S/C7H10N2O4S/c10-5-7(3-14(12)13,4-1-2-4)9-6(11)8-5/h4H,1-3H2,(H,12,13)(H2,8,9,10,11)/p-1. The highest BCUT2D eigenvalue weighted by Crippen LogP contribution is 2.41. The lowest BCUT2D eigenvalue weighted by Gasteiger charge is -2.26. The van der Waals surface area contributed by atoms with Gasteiger partial charge in [-0.3, -0.25) is 14.3 Å². The van der Waals surface area contributed by atoms with E-state index < -0.39 is 28.6 Å². The van der Waals surface area contributed by atoms with E-state index in [9.17, 15) is 18.4 Å². The molecular formula is C7H9N2O4S-. The monoisotopic (exact) mass is 217 g/mol. The lowest BCUT2D eigenvalue weighted by molar-refractivity contribution is -0.123. The maximum atomic E-state index is 11.5. The summed E-state index contributed by atoms with van der Waals surface area (Å²) in [6, 6.07) is -0.604. The van der Waals surface area contributed by atoms with Gasteiger partial charge in [0.05, 0.1) is 0 Å². The molecule has 7 heteroatoms. The molecule has 1 saturated carbocycles. The number of hydrogen-bond acceptors (Lipinski definition) is 4. The van der Waals surface area contributed by atoms with Crippen LogP contribution in [0.3, 0.4) is 0 Å². The van der Waals surface area contributed by atoms with E-state index in [0.717, 1.165) is 12.8 Å². The minimum Gasteiger partial charge on any atom is -0.772 e. The number of hydrogen-bond donors (Lipinski definition) is 2. The summed E-state index contributed by atoms with van der Waals surface area (Å²) in [7, 11) is 0. The minimum atomic E-state index is -2.34. The Kier molecular flexibility index (Phi) is 2.07. The number of nitrogens with one attached hydrogen (secondary N) is 2. The van der Waals surface area contributed by atoms with E-state index in [1.807, 2.05) is 0 Å². The van der Waals surface area contributed by atoms with E-state index in [1.54, 1.807) is 0 Å². The Hall–Kier alpha value is -0.950. The van der Waals surface area contributed by atoms with Gasteiger partial charge in [-0.2, -0.15) is 0 Å². The molecule has 0 spiro atoms. The van der Waals surface area contributed by atoms with Crippen LogP contribution in [0.5, 0.6) is 0 Å². The quantitative estimate of drug-likeness (QED) is 0.461. The summed E-state index contributed by atoms with van der Waals surface area (Å²) in [5, 5.41) is 4.49. The van der Waals surface area contributed by atoms with Crippen molar-refractivity contribution in [1.29, 1.82) is 0 Å². The molecule has 2 fully saturated rings. The molecule has 1 heterocycles. The second-order valence-corrected chi connectivity index (χ2v) is 4.50. The van der Waals surface area contributed by atoms with Crippen LogP contribution in [0.1, 0.15) is 12.8 Å². The van der Waals surface area contributed by atoms with Crippen molar-refractivity contribution < 1.29 is 18.4 Å². The fourth-order valence-corrected chi connectivity index (χ4v) is 2.58. The summed E-state index contributed by atoms with van der Waals surface area (Å²) in [5.41, 5.74) is -1.20. The van der Waals surface area contributed by atoms with Gasteiger partial charge in [-0.25, -0.2) is 4.79 Å². The summed E-state index contributed by atoms with van der Waals surface area (Å²) < 4.78 is 21.2. The maximum absolute atomic E-state index is 11.5. The molecule has 0 aromatic heterocycles. The molecule has 1 aliphatic carbocycles. The van der Waals surface area contributed by atoms with Crippen molar-refractivity contribution in [3.8, 4) is 0 Å². The molecular weight excluding hydrogens is 208 g/mol. The van der Waals surface area contributed by atoms with Crippen LogP contribution in [-0.2, 0) is 15.9 Å². The molecule has 0 aromatic rings. The van der Waals surface area contributed by atoms with Gasteiger partial charge in [-0.1, -0.05) is 11.1 Å². The maximum Gasteiger partial charge on any atom is 0.322 e. The molecule has 0 radical (unpaired) electrons. The molecule has 3 amide bonds. The summed E-state index contributed by atoms with van der Waals surface area (Å²) in [4.78, 5) is 22.4. The molecule has 1 saturated heterocycles. The number of carbonyl (C=O) groups excluding carboxylic acids is 2. The van der Waals surface area contributed by atoms with Crippen molar-refractivity contribution in [3.63, 3.8) is 0 Å². The van der Waals surface area contributed by atoms with Crippen LogP contribution in [0.15, 0.2) is 0 Å². The third-order valence-electron chi connectivity index (χ3n) is 2.59. The van der Waals surface area contributed by atoms with Crippen LogP contribution in [-0.4, -0.2) is 32.0 Å². The Balaban J connectivity index is 2.25. The zero-order valence-corrected chi connectivity index (χ0v) is 8.06. The van der Waals surface area contributed by atoms with Crippen molar-refractivity contribution in [2.75, 3.05) is 5.75 Å². The van der Waals surface area contributed by atoms with Crippen molar-refractivity contribution in [1.82, 2.24) is 10.6 Å². The largest absolute Gasteiger partial charge is 0.772 e. The first-order chi connectivity index (χ1) is 6.54. The highest BCUT2D eigenvalue weighted by atomic mass is 32.2.